The maximum atomic E-state index is 14.0. The smallest absolute Gasteiger partial charge is 0.255 e. The lowest BCUT2D eigenvalue weighted by Crippen LogP contribution is -2.31. The number of hydrogen-bond donors (Lipinski definition) is 2. The lowest BCUT2D eigenvalue weighted by Gasteiger charge is -2.29. The van der Waals surface area contributed by atoms with Crippen molar-refractivity contribution in [1.29, 1.82) is 0 Å². The number of thioether (sulfide) groups is 1. The number of benzene rings is 2. The zero-order valence-electron chi connectivity index (χ0n) is 24.7. The lowest BCUT2D eigenvalue weighted by molar-refractivity contribution is -0.113. The minimum absolute atomic E-state index is 0.255. The van der Waals surface area contributed by atoms with E-state index in [1.807, 2.05) is 63.2 Å². The fourth-order valence-corrected chi connectivity index (χ4v) is 5.46. The van der Waals surface area contributed by atoms with Gasteiger partial charge in [-0.25, -0.2) is 4.68 Å². The number of nitrogens with one attached hydrogen (secondary N) is 2. The molecular weight excluding hydrogens is 538 g/mol. The van der Waals surface area contributed by atoms with E-state index >= 15 is 0 Å². The Labute approximate surface area is 247 Å². The Hall–Kier alpha value is -3.66. The molecule has 1 aliphatic rings. The molecule has 0 bridgehead atoms. The summed E-state index contributed by atoms with van der Waals surface area (Å²) in [5, 5.41) is 11.9. The predicted octanol–water partition coefficient (Wildman–Crippen LogP) is 7.07. The highest BCUT2D eigenvalue weighted by atomic mass is 32.2. The molecule has 0 saturated heterocycles. The van der Waals surface area contributed by atoms with Gasteiger partial charge in [0.2, 0.25) is 11.1 Å². The Morgan fingerprint density at radius 3 is 2.49 bits per heavy atom. The van der Waals surface area contributed by atoms with E-state index in [0.717, 1.165) is 37.0 Å². The van der Waals surface area contributed by atoms with Crippen LogP contribution in [0.15, 0.2) is 58.9 Å². The molecule has 2 aromatic carbocycles. The van der Waals surface area contributed by atoms with E-state index in [-0.39, 0.29) is 5.91 Å². The molecule has 220 valence electrons. The van der Waals surface area contributed by atoms with Crippen LogP contribution >= 0.6 is 11.8 Å². The van der Waals surface area contributed by atoms with Crippen molar-refractivity contribution in [1.82, 2.24) is 14.8 Å². The first-order valence-electron chi connectivity index (χ1n) is 14.5. The molecular formula is C31H41N5O4S. The Balaban J connectivity index is 1.76. The van der Waals surface area contributed by atoms with Crippen LogP contribution in [0.3, 0.4) is 0 Å². The van der Waals surface area contributed by atoms with Crippen molar-refractivity contribution in [2.75, 3.05) is 36.2 Å². The van der Waals surface area contributed by atoms with Gasteiger partial charge in [0.25, 0.3) is 5.91 Å². The van der Waals surface area contributed by atoms with Crippen molar-refractivity contribution in [2.24, 2.45) is 0 Å². The third kappa shape index (κ3) is 7.35. The van der Waals surface area contributed by atoms with Gasteiger partial charge in [-0.2, -0.15) is 4.98 Å². The normalized spacial score (nSPS) is 14.3. The second-order valence-electron chi connectivity index (χ2n) is 9.66. The van der Waals surface area contributed by atoms with Gasteiger partial charge in [0, 0.05) is 11.4 Å². The number of fused-ring (bicyclic) bond motifs is 1. The van der Waals surface area contributed by atoms with Gasteiger partial charge in [0.1, 0.15) is 11.8 Å². The van der Waals surface area contributed by atoms with Crippen LogP contribution in [0.2, 0.25) is 0 Å². The van der Waals surface area contributed by atoms with Crippen molar-refractivity contribution < 1.29 is 19.0 Å². The molecule has 1 aliphatic heterocycles. The Kier molecular flexibility index (Phi) is 11.0. The van der Waals surface area contributed by atoms with Crippen molar-refractivity contribution in [3.8, 4) is 17.2 Å². The number of rotatable bonds is 15. The molecule has 3 aromatic rings. The summed E-state index contributed by atoms with van der Waals surface area (Å²) in [7, 11) is 0. The summed E-state index contributed by atoms with van der Waals surface area (Å²) in [6.45, 7) is 11.6. The number of ether oxygens (including phenoxy) is 3. The number of nitrogens with zero attached hydrogens (tertiary/aromatic N) is 3. The van der Waals surface area contributed by atoms with Crippen molar-refractivity contribution >= 4 is 29.3 Å². The van der Waals surface area contributed by atoms with Crippen LogP contribution in [0.1, 0.15) is 71.9 Å². The Bertz CT molecular complexity index is 1360. The molecule has 1 unspecified atom stereocenters. The van der Waals surface area contributed by atoms with Crippen LogP contribution in [0.5, 0.6) is 17.2 Å². The molecule has 0 radical (unpaired) electrons. The maximum absolute atomic E-state index is 14.0. The highest BCUT2D eigenvalue weighted by molar-refractivity contribution is 7.99. The van der Waals surface area contributed by atoms with E-state index < -0.39 is 6.04 Å². The zero-order valence-corrected chi connectivity index (χ0v) is 25.5. The molecule has 4 rings (SSSR count). The second-order valence-corrected chi connectivity index (χ2v) is 10.7. The summed E-state index contributed by atoms with van der Waals surface area (Å²) in [6, 6.07) is 12.7. The minimum Gasteiger partial charge on any atom is -0.492 e. The van der Waals surface area contributed by atoms with Gasteiger partial charge < -0.3 is 24.8 Å². The average molecular weight is 580 g/mol. The van der Waals surface area contributed by atoms with Gasteiger partial charge in [0.05, 0.1) is 31.1 Å². The first kappa shape index (κ1) is 30.3. The fraction of sp³-hybridized carbons (Fsp3) is 0.452. The van der Waals surface area contributed by atoms with Crippen LogP contribution in [-0.2, 0) is 4.79 Å². The molecule has 10 heteroatoms. The lowest BCUT2D eigenvalue weighted by atomic mass is 9.94. The molecule has 0 aliphatic carbocycles. The molecule has 1 atom stereocenters. The number of amides is 1. The Morgan fingerprint density at radius 2 is 1.73 bits per heavy atom. The van der Waals surface area contributed by atoms with Crippen molar-refractivity contribution in [2.45, 2.75) is 71.5 Å². The summed E-state index contributed by atoms with van der Waals surface area (Å²) < 4.78 is 19.6. The van der Waals surface area contributed by atoms with E-state index in [2.05, 4.69) is 24.5 Å². The molecule has 2 heterocycles. The second kappa shape index (κ2) is 14.8. The summed E-state index contributed by atoms with van der Waals surface area (Å²) in [5.74, 6) is 3.21. The molecule has 0 spiro atoms. The fourth-order valence-electron chi connectivity index (χ4n) is 4.55. The average Bonchev–Trinajstić information content (AvgIpc) is 3.36. The Morgan fingerprint density at radius 1 is 0.976 bits per heavy atom. The van der Waals surface area contributed by atoms with E-state index in [9.17, 15) is 4.79 Å². The van der Waals surface area contributed by atoms with Gasteiger partial charge in [0.15, 0.2) is 11.5 Å². The third-order valence-corrected chi connectivity index (χ3v) is 7.50. The molecule has 0 fully saturated rings. The SMILES string of the molecule is CCCCOc1ccc(C2C(C(=O)Nc3ccccc3OCC)=C(C)Nc3nc(SCCCC)nn32)cc1OCC. The molecule has 0 saturated carbocycles. The highest BCUT2D eigenvalue weighted by Gasteiger charge is 2.35. The van der Waals surface area contributed by atoms with Crippen LogP contribution < -0.4 is 24.8 Å². The first-order chi connectivity index (χ1) is 20.0. The number of hydrogen-bond acceptors (Lipinski definition) is 8. The van der Waals surface area contributed by atoms with E-state index in [1.54, 1.807) is 16.4 Å². The zero-order chi connectivity index (χ0) is 29.2. The van der Waals surface area contributed by atoms with Crippen molar-refractivity contribution in [3.05, 3.63) is 59.3 Å². The van der Waals surface area contributed by atoms with E-state index in [0.29, 0.717) is 65.1 Å². The molecule has 2 N–H and O–H groups in total. The van der Waals surface area contributed by atoms with Crippen LogP contribution in [0.4, 0.5) is 11.6 Å². The molecule has 9 nitrogen and oxygen atoms in total. The van der Waals surface area contributed by atoms with Crippen LogP contribution in [-0.4, -0.2) is 46.2 Å². The van der Waals surface area contributed by atoms with E-state index in [4.69, 9.17) is 24.3 Å². The number of anilines is 2. The number of carbonyl (C=O) groups is 1. The summed E-state index contributed by atoms with van der Waals surface area (Å²) in [5.41, 5.74) is 2.68. The first-order valence-corrected chi connectivity index (χ1v) is 15.5. The third-order valence-electron chi connectivity index (χ3n) is 6.58. The number of unbranched alkanes of at least 4 members (excludes halogenated alkanes) is 2. The highest BCUT2D eigenvalue weighted by Crippen LogP contribution is 2.40. The number of allylic oxidation sites excluding steroid dienone is 1. The van der Waals surface area contributed by atoms with E-state index in [1.165, 1.54) is 0 Å². The predicted molar refractivity (Wildman–Crippen MR) is 164 cm³/mol. The molecule has 41 heavy (non-hydrogen) atoms. The van der Waals surface area contributed by atoms with Gasteiger partial charge in [-0.05, 0) is 63.4 Å². The monoisotopic (exact) mass is 579 g/mol. The standard InChI is InChI=1S/C31H41N5O4S/c1-6-10-18-40-25-17-16-22(20-26(25)39-9-4)28-27(29(37)33-23-14-12-13-15-24(23)38-8-3)21(5)32-30-34-31(35-36(28)30)41-19-11-7-2/h12-17,20,28H,6-11,18-19H2,1-5H3,(H,33,37)(H,32,34,35). The number of para-hydroxylation sites is 2. The topological polar surface area (TPSA) is 99.5 Å². The van der Waals surface area contributed by atoms with Crippen LogP contribution in [0.25, 0.3) is 0 Å². The quantitative estimate of drug-likeness (QED) is 0.146. The number of aromatic nitrogens is 3. The number of carbonyl (C=O) groups excluding carboxylic acids is 1. The van der Waals surface area contributed by atoms with Crippen LogP contribution in [0, 0.1) is 0 Å². The van der Waals surface area contributed by atoms with Gasteiger partial charge in [-0.3, -0.25) is 4.79 Å². The molecule has 1 amide bonds. The van der Waals surface area contributed by atoms with Gasteiger partial charge in [-0.15, -0.1) is 5.10 Å². The van der Waals surface area contributed by atoms with Crippen molar-refractivity contribution in [3.63, 3.8) is 0 Å². The summed E-state index contributed by atoms with van der Waals surface area (Å²) >= 11 is 1.62. The molecule has 1 aromatic heterocycles. The van der Waals surface area contributed by atoms with Gasteiger partial charge in [-0.1, -0.05) is 56.7 Å². The minimum atomic E-state index is -0.539. The van der Waals surface area contributed by atoms with Gasteiger partial charge >= 0.3 is 0 Å². The largest absolute Gasteiger partial charge is 0.492 e. The maximum Gasteiger partial charge on any atom is 0.255 e. The summed E-state index contributed by atoms with van der Waals surface area (Å²) in [6.07, 6.45) is 4.17. The summed E-state index contributed by atoms with van der Waals surface area (Å²) in [4.78, 5) is 18.8.